The van der Waals surface area contributed by atoms with Crippen molar-refractivity contribution in [3.8, 4) is 5.75 Å². The Labute approximate surface area is 192 Å². The van der Waals surface area contributed by atoms with E-state index in [9.17, 15) is 0 Å². The van der Waals surface area contributed by atoms with Crippen LogP contribution in [0.5, 0.6) is 5.75 Å². The summed E-state index contributed by atoms with van der Waals surface area (Å²) in [5.41, 5.74) is 2.16. The van der Waals surface area contributed by atoms with Crippen molar-refractivity contribution >= 4 is 23.2 Å². The first-order valence-corrected chi connectivity index (χ1v) is 12.0. The lowest BCUT2D eigenvalue weighted by Crippen LogP contribution is -2.29. The lowest BCUT2D eigenvalue weighted by atomic mass is 10.2. The van der Waals surface area contributed by atoms with E-state index in [0.717, 1.165) is 24.4 Å². The Morgan fingerprint density at radius 2 is 1.63 bits per heavy atom. The Bertz CT molecular complexity index is 731. The molecule has 2 aromatic rings. The zero-order valence-corrected chi connectivity index (χ0v) is 19.9. The van der Waals surface area contributed by atoms with Crippen LogP contribution in [0.3, 0.4) is 0 Å². The minimum absolute atomic E-state index is 0.429. The van der Waals surface area contributed by atoms with Gasteiger partial charge in [-0.2, -0.15) is 0 Å². The summed E-state index contributed by atoms with van der Waals surface area (Å²) in [6.07, 6.45) is 6.31. The molecular formula is C25H36Cl2N2O. The molecule has 0 atom stereocenters. The molecule has 0 fully saturated rings. The number of nitrogens with one attached hydrogen (secondary N) is 1. The van der Waals surface area contributed by atoms with Gasteiger partial charge in [0.25, 0.3) is 0 Å². The largest absolute Gasteiger partial charge is 0.489 e. The fraction of sp³-hybridized carbons (Fsp3) is 0.520. The number of benzene rings is 2. The van der Waals surface area contributed by atoms with Crippen molar-refractivity contribution in [3.05, 3.63) is 63.6 Å². The molecule has 0 aromatic heterocycles. The molecule has 0 unspecified atom stereocenters. The number of hydrogen-bond donors (Lipinski definition) is 1. The third-order valence-electron chi connectivity index (χ3n) is 5.12. The van der Waals surface area contributed by atoms with E-state index < -0.39 is 0 Å². The predicted molar refractivity (Wildman–Crippen MR) is 130 cm³/mol. The van der Waals surface area contributed by atoms with Gasteiger partial charge in [0.15, 0.2) is 0 Å². The average Bonchev–Trinajstić information content (AvgIpc) is 2.74. The summed E-state index contributed by atoms with van der Waals surface area (Å²) >= 11 is 12.2. The number of unbranched alkanes of at least 4 members (excludes halogenated alkanes) is 2. The van der Waals surface area contributed by atoms with Crippen molar-refractivity contribution in [2.75, 3.05) is 26.2 Å². The lowest BCUT2D eigenvalue weighted by Gasteiger charge is -2.22. The lowest BCUT2D eigenvalue weighted by molar-refractivity contribution is 0.261. The first-order chi connectivity index (χ1) is 14.6. The van der Waals surface area contributed by atoms with E-state index in [1.807, 2.05) is 24.3 Å². The predicted octanol–water partition coefficient (Wildman–Crippen LogP) is 6.95. The van der Waals surface area contributed by atoms with Gasteiger partial charge in [0.2, 0.25) is 0 Å². The minimum Gasteiger partial charge on any atom is -0.489 e. The Kier molecular flexibility index (Phi) is 12.2. The second-order valence-corrected chi connectivity index (χ2v) is 8.59. The monoisotopic (exact) mass is 450 g/mol. The van der Waals surface area contributed by atoms with Gasteiger partial charge in [-0.3, -0.25) is 0 Å². The van der Waals surface area contributed by atoms with Crippen LogP contribution in [0.4, 0.5) is 0 Å². The van der Waals surface area contributed by atoms with Crippen LogP contribution in [-0.4, -0.2) is 31.1 Å². The van der Waals surface area contributed by atoms with Gasteiger partial charge in [0.1, 0.15) is 12.4 Å². The fourth-order valence-electron chi connectivity index (χ4n) is 3.30. The van der Waals surface area contributed by atoms with Crippen LogP contribution < -0.4 is 10.1 Å². The molecule has 0 saturated carbocycles. The second kappa shape index (κ2) is 14.7. The van der Waals surface area contributed by atoms with E-state index in [2.05, 4.69) is 36.2 Å². The number of hydrogen-bond acceptors (Lipinski definition) is 3. The van der Waals surface area contributed by atoms with Gasteiger partial charge in [-0.05, 0) is 75.3 Å². The molecule has 1 N–H and O–H groups in total. The number of ether oxygens (including phenoxy) is 1. The molecule has 30 heavy (non-hydrogen) atoms. The first kappa shape index (κ1) is 25.0. The highest BCUT2D eigenvalue weighted by Crippen LogP contribution is 2.23. The molecular weight excluding hydrogens is 415 g/mol. The molecule has 0 amide bonds. The summed E-state index contributed by atoms with van der Waals surface area (Å²) in [6, 6.07) is 13.7. The molecule has 5 heteroatoms. The molecule has 0 aliphatic carbocycles. The molecule has 0 radical (unpaired) electrons. The van der Waals surface area contributed by atoms with Crippen LogP contribution in [0.25, 0.3) is 0 Å². The molecule has 0 saturated heterocycles. The van der Waals surface area contributed by atoms with E-state index in [0.29, 0.717) is 16.7 Å². The molecule has 3 nitrogen and oxygen atoms in total. The number of halogens is 2. The summed E-state index contributed by atoms with van der Waals surface area (Å²) in [4.78, 5) is 2.62. The summed E-state index contributed by atoms with van der Waals surface area (Å²) in [7, 11) is 0. The van der Waals surface area contributed by atoms with Gasteiger partial charge < -0.3 is 15.0 Å². The zero-order valence-electron chi connectivity index (χ0n) is 18.4. The third-order valence-corrected chi connectivity index (χ3v) is 5.71. The maximum absolute atomic E-state index is 6.23. The molecule has 0 bridgehead atoms. The minimum atomic E-state index is 0.429. The molecule has 0 spiro atoms. The molecule has 2 rings (SSSR count). The smallest absolute Gasteiger partial charge is 0.120 e. The van der Waals surface area contributed by atoms with Crippen LogP contribution in [0.2, 0.25) is 10.0 Å². The van der Waals surface area contributed by atoms with E-state index in [1.54, 1.807) is 6.07 Å². The first-order valence-electron chi connectivity index (χ1n) is 11.2. The quantitative estimate of drug-likeness (QED) is 0.297. The zero-order chi connectivity index (χ0) is 21.6. The van der Waals surface area contributed by atoms with Crippen molar-refractivity contribution in [3.63, 3.8) is 0 Å². The van der Waals surface area contributed by atoms with Crippen LogP contribution in [0.1, 0.15) is 57.1 Å². The van der Waals surface area contributed by atoms with Gasteiger partial charge in [0, 0.05) is 22.2 Å². The molecule has 0 heterocycles. The van der Waals surface area contributed by atoms with E-state index in [-0.39, 0.29) is 0 Å². The van der Waals surface area contributed by atoms with Gasteiger partial charge >= 0.3 is 0 Å². The highest BCUT2D eigenvalue weighted by atomic mass is 35.5. The van der Waals surface area contributed by atoms with Gasteiger partial charge in [0.05, 0.1) is 0 Å². The maximum Gasteiger partial charge on any atom is 0.120 e. The summed E-state index contributed by atoms with van der Waals surface area (Å²) in [6.45, 7) is 10.5. The Morgan fingerprint density at radius 1 is 0.900 bits per heavy atom. The van der Waals surface area contributed by atoms with Crippen molar-refractivity contribution < 1.29 is 4.74 Å². The van der Waals surface area contributed by atoms with Gasteiger partial charge in [-0.25, -0.2) is 0 Å². The van der Waals surface area contributed by atoms with Crippen molar-refractivity contribution in [1.82, 2.24) is 10.2 Å². The topological polar surface area (TPSA) is 24.5 Å². The van der Waals surface area contributed by atoms with E-state index in [1.165, 1.54) is 57.3 Å². The van der Waals surface area contributed by atoms with Crippen LogP contribution in [-0.2, 0) is 13.2 Å². The summed E-state index contributed by atoms with van der Waals surface area (Å²) in [5.74, 6) is 0.852. The standard InChI is InChI=1S/C25H36Cl2N2O/c1-3-5-14-29(15-6-4-2)16-8-13-28-19-21-9-7-10-24(17-21)30-20-22-11-12-23(26)18-25(22)27/h7,9-12,17-18,28H,3-6,8,13-16,19-20H2,1-2H3. The highest BCUT2D eigenvalue weighted by Gasteiger charge is 2.05. The molecule has 2 aromatic carbocycles. The third kappa shape index (κ3) is 9.70. The van der Waals surface area contributed by atoms with Crippen molar-refractivity contribution in [1.29, 1.82) is 0 Å². The Hall–Kier alpha value is -1.26. The van der Waals surface area contributed by atoms with Gasteiger partial charge in [-0.1, -0.05) is 68.1 Å². The van der Waals surface area contributed by atoms with E-state index >= 15 is 0 Å². The van der Waals surface area contributed by atoms with Crippen LogP contribution in [0.15, 0.2) is 42.5 Å². The Balaban J connectivity index is 1.71. The molecule has 0 aliphatic rings. The van der Waals surface area contributed by atoms with Gasteiger partial charge in [-0.15, -0.1) is 0 Å². The normalized spacial score (nSPS) is 11.2. The number of rotatable bonds is 15. The molecule has 166 valence electrons. The summed E-state index contributed by atoms with van der Waals surface area (Å²) < 4.78 is 5.93. The van der Waals surface area contributed by atoms with Crippen molar-refractivity contribution in [2.45, 2.75) is 59.1 Å². The van der Waals surface area contributed by atoms with Crippen LogP contribution >= 0.6 is 23.2 Å². The maximum atomic E-state index is 6.23. The van der Waals surface area contributed by atoms with Crippen LogP contribution in [0, 0.1) is 0 Å². The number of nitrogens with zero attached hydrogens (tertiary/aromatic N) is 1. The van der Waals surface area contributed by atoms with E-state index in [4.69, 9.17) is 27.9 Å². The fourth-order valence-corrected chi connectivity index (χ4v) is 3.77. The highest BCUT2D eigenvalue weighted by molar-refractivity contribution is 6.35. The molecule has 0 aliphatic heterocycles. The average molecular weight is 451 g/mol. The van der Waals surface area contributed by atoms with Crippen molar-refractivity contribution in [2.24, 2.45) is 0 Å². The Morgan fingerprint density at radius 3 is 2.33 bits per heavy atom. The SMILES string of the molecule is CCCCN(CCCC)CCCNCc1cccc(OCc2ccc(Cl)cc2Cl)c1. The summed E-state index contributed by atoms with van der Waals surface area (Å²) in [5, 5.41) is 4.83. The second-order valence-electron chi connectivity index (χ2n) is 7.75.